The van der Waals surface area contributed by atoms with E-state index in [0.717, 1.165) is 11.3 Å². The monoisotopic (exact) mass is 524 g/mol. The first-order valence-corrected chi connectivity index (χ1v) is 12.3. The predicted molar refractivity (Wildman–Crippen MR) is 141 cm³/mol. The Morgan fingerprint density at radius 1 is 1.08 bits per heavy atom. The number of fused-ring (bicyclic) bond motifs is 1. The molecule has 38 heavy (non-hydrogen) atoms. The van der Waals surface area contributed by atoms with Crippen molar-refractivity contribution in [3.05, 3.63) is 106 Å². The second kappa shape index (κ2) is 10.8. The van der Waals surface area contributed by atoms with Crippen LogP contribution in [0, 0.1) is 11.3 Å². The van der Waals surface area contributed by atoms with Crippen LogP contribution in [0.1, 0.15) is 39.5 Å². The van der Waals surface area contributed by atoms with Gasteiger partial charge in [-0.3, -0.25) is 14.6 Å². The number of hydrogen-bond acceptors (Lipinski definition) is 6. The van der Waals surface area contributed by atoms with Crippen molar-refractivity contribution in [1.29, 1.82) is 5.26 Å². The first kappa shape index (κ1) is 25.0. The van der Waals surface area contributed by atoms with E-state index in [2.05, 4.69) is 11.1 Å². The summed E-state index contributed by atoms with van der Waals surface area (Å²) in [6.45, 7) is 0.267. The van der Waals surface area contributed by atoms with Crippen molar-refractivity contribution in [3.8, 4) is 34.6 Å². The van der Waals surface area contributed by atoms with Crippen molar-refractivity contribution in [1.82, 2.24) is 4.98 Å². The number of rotatable bonds is 7. The average molecular weight is 525 g/mol. The van der Waals surface area contributed by atoms with Crippen LogP contribution < -0.4 is 9.47 Å². The third-order valence-electron chi connectivity index (χ3n) is 6.24. The first-order valence-electron chi connectivity index (χ1n) is 11.9. The number of aromatic nitrogens is 1. The van der Waals surface area contributed by atoms with E-state index >= 15 is 0 Å². The van der Waals surface area contributed by atoms with Crippen molar-refractivity contribution in [2.75, 3.05) is 6.61 Å². The van der Waals surface area contributed by atoms with Gasteiger partial charge in [-0.1, -0.05) is 29.8 Å². The number of pyridine rings is 1. The van der Waals surface area contributed by atoms with E-state index in [1.165, 1.54) is 6.07 Å². The zero-order valence-corrected chi connectivity index (χ0v) is 20.8. The zero-order chi connectivity index (χ0) is 26.6. The molecule has 1 aliphatic heterocycles. The molecule has 1 unspecified atom stereocenters. The molecule has 0 amide bonds. The van der Waals surface area contributed by atoms with E-state index in [0.29, 0.717) is 39.8 Å². The molecule has 0 fully saturated rings. The van der Waals surface area contributed by atoms with Gasteiger partial charge in [-0.05, 0) is 61.0 Å². The molecule has 3 aromatic carbocycles. The van der Waals surface area contributed by atoms with Gasteiger partial charge in [-0.25, -0.2) is 0 Å². The number of ether oxygens (including phenoxy) is 2. The van der Waals surface area contributed by atoms with Gasteiger partial charge in [0.05, 0.1) is 30.2 Å². The Balaban J connectivity index is 1.31. The molecular weight excluding hydrogens is 504 g/mol. The molecule has 4 aromatic rings. The molecule has 0 bridgehead atoms. The highest BCUT2D eigenvalue weighted by Crippen LogP contribution is 2.39. The van der Waals surface area contributed by atoms with Crippen LogP contribution in [0.15, 0.2) is 78.9 Å². The van der Waals surface area contributed by atoms with Crippen LogP contribution in [0.5, 0.6) is 17.2 Å². The summed E-state index contributed by atoms with van der Waals surface area (Å²) in [4.78, 5) is 29.1. The predicted octanol–water partition coefficient (Wildman–Crippen LogP) is 6.44. The number of carbonyl (C=O) groups excluding carboxylic acids is 1. The van der Waals surface area contributed by atoms with Gasteiger partial charge in [-0.2, -0.15) is 5.26 Å². The topological polar surface area (TPSA) is 110 Å². The standard InChI is InChI=1S/C30H21ClN2O5/c31-21-4-1-3-19(13-21)26-6-2-5-22(33-26)15-27(34)18-7-9-23(10-8-18)38-28-16-29-25(14-20(28)17-32)24(30(35)36)11-12-37-29/h1-10,13-14,16,24H,11-12,15H2,(H,35,36). The number of hydrogen-bond donors (Lipinski definition) is 1. The van der Waals surface area contributed by atoms with Gasteiger partial charge in [0.15, 0.2) is 5.78 Å². The minimum Gasteiger partial charge on any atom is -0.493 e. The molecule has 0 saturated heterocycles. The molecule has 1 aromatic heterocycles. The zero-order valence-electron chi connectivity index (χ0n) is 20.1. The Labute approximate surface area is 223 Å². The highest BCUT2D eigenvalue weighted by molar-refractivity contribution is 6.30. The summed E-state index contributed by atoms with van der Waals surface area (Å²) >= 11 is 6.09. The van der Waals surface area contributed by atoms with Crippen molar-refractivity contribution in [3.63, 3.8) is 0 Å². The van der Waals surface area contributed by atoms with Crippen molar-refractivity contribution < 1.29 is 24.2 Å². The van der Waals surface area contributed by atoms with Crippen LogP contribution in [-0.2, 0) is 11.2 Å². The van der Waals surface area contributed by atoms with Gasteiger partial charge in [-0.15, -0.1) is 0 Å². The number of halogens is 1. The molecule has 0 saturated carbocycles. The summed E-state index contributed by atoms with van der Waals surface area (Å²) in [5.74, 6) is -0.739. The third kappa shape index (κ3) is 5.36. The van der Waals surface area contributed by atoms with Crippen LogP contribution in [-0.4, -0.2) is 28.4 Å². The number of Topliss-reactive ketones (excluding diaryl/α,β-unsaturated/α-hetero) is 1. The molecule has 0 radical (unpaired) electrons. The smallest absolute Gasteiger partial charge is 0.311 e. The van der Waals surface area contributed by atoms with Crippen LogP contribution in [0.3, 0.4) is 0 Å². The summed E-state index contributed by atoms with van der Waals surface area (Å²) in [7, 11) is 0. The molecule has 5 rings (SSSR count). The largest absolute Gasteiger partial charge is 0.493 e. The highest BCUT2D eigenvalue weighted by Gasteiger charge is 2.29. The van der Waals surface area contributed by atoms with Crippen LogP contribution >= 0.6 is 11.6 Å². The van der Waals surface area contributed by atoms with E-state index in [4.69, 9.17) is 21.1 Å². The third-order valence-corrected chi connectivity index (χ3v) is 6.48. The molecular formula is C30H21ClN2O5. The minimum absolute atomic E-state index is 0.105. The molecule has 7 nitrogen and oxygen atoms in total. The first-order chi connectivity index (χ1) is 18.4. The number of aliphatic carboxylic acids is 1. The quantitative estimate of drug-likeness (QED) is 0.277. The second-order valence-electron chi connectivity index (χ2n) is 8.78. The Morgan fingerprint density at radius 2 is 1.87 bits per heavy atom. The van der Waals surface area contributed by atoms with Gasteiger partial charge in [0.2, 0.25) is 0 Å². The molecule has 1 N–H and O–H groups in total. The van der Waals surface area contributed by atoms with Crippen molar-refractivity contribution in [2.24, 2.45) is 0 Å². The van der Waals surface area contributed by atoms with E-state index in [1.807, 2.05) is 30.3 Å². The fraction of sp³-hybridized carbons (Fsp3) is 0.133. The fourth-order valence-corrected chi connectivity index (χ4v) is 4.53. The second-order valence-corrected chi connectivity index (χ2v) is 9.21. The summed E-state index contributed by atoms with van der Waals surface area (Å²) < 4.78 is 11.5. The lowest BCUT2D eigenvalue weighted by Crippen LogP contribution is -2.21. The Morgan fingerprint density at radius 3 is 2.61 bits per heavy atom. The van der Waals surface area contributed by atoms with Gasteiger partial charge in [0, 0.05) is 33.5 Å². The molecule has 2 heterocycles. The summed E-state index contributed by atoms with van der Waals surface area (Å²) in [6.07, 6.45) is 0.462. The molecule has 0 spiro atoms. The lowest BCUT2D eigenvalue weighted by molar-refractivity contribution is -0.139. The molecule has 8 heteroatoms. The van der Waals surface area contributed by atoms with E-state index in [9.17, 15) is 20.0 Å². The van der Waals surface area contributed by atoms with Crippen molar-refractivity contribution >= 4 is 23.4 Å². The lowest BCUT2D eigenvalue weighted by atomic mass is 9.91. The summed E-state index contributed by atoms with van der Waals surface area (Å²) in [5.41, 5.74) is 3.40. The maximum atomic E-state index is 12.9. The fourth-order valence-electron chi connectivity index (χ4n) is 4.33. The number of carboxylic acids is 1. The van der Waals surface area contributed by atoms with Crippen LogP contribution in [0.25, 0.3) is 11.3 Å². The SMILES string of the molecule is N#Cc1cc2c(cc1Oc1ccc(C(=O)Cc3cccc(-c4cccc(Cl)c4)n3)cc1)OCCC2C(=O)O. The Hall–Kier alpha value is -4.67. The van der Waals surface area contributed by atoms with Crippen molar-refractivity contribution in [2.45, 2.75) is 18.8 Å². The minimum atomic E-state index is -0.959. The van der Waals surface area contributed by atoms with Gasteiger partial charge < -0.3 is 14.6 Å². The number of nitriles is 1. The van der Waals surface area contributed by atoms with E-state index in [-0.39, 0.29) is 30.1 Å². The Bertz CT molecular complexity index is 1580. The lowest BCUT2D eigenvalue weighted by Gasteiger charge is -2.24. The number of ketones is 1. The molecule has 188 valence electrons. The molecule has 0 aliphatic carbocycles. The van der Waals surface area contributed by atoms with Gasteiger partial charge in [0.1, 0.15) is 23.3 Å². The summed E-state index contributed by atoms with van der Waals surface area (Å²) in [6, 6.07) is 24.6. The number of carboxylic acid groups (broad SMARTS) is 1. The van der Waals surface area contributed by atoms with E-state index < -0.39 is 11.9 Å². The maximum absolute atomic E-state index is 12.9. The maximum Gasteiger partial charge on any atom is 0.311 e. The van der Waals surface area contributed by atoms with E-state index in [1.54, 1.807) is 42.5 Å². The van der Waals surface area contributed by atoms with Crippen LogP contribution in [0.4, 0.5) is 0 Å². The number of carbonyl (C=O) groups is 2. The normalized spacial score (nSPS) is 14.1. The molecule has 1 atom stereocenters. The Kier molecular flexibility index (Phi) is 7.07. The van der Waals surface area contributed by atoms with Crippen LogP contribution in [0.2, 0.25) is 5.02 Å². The summed E-state index contributed by atoms with van der Waals surface area (Å²) in [5, 5.41) is 19.7. The average Bonchev–Trinajstić information content (AvgIpc) is 2.92. The van der Waals surface area contributed by atoms with Gasteiger partial charge >= 0.3 is 5.97 Å². The number of nitrogens with zero attached hydrogens (tertiary/aromatic N) is 2. The van der Waals surface area contributed by atoms with Gasteiger partial charge in [0.25, 0.3) is 0 Å². The molecule has 1 aliphatic rings. The number of benzene rings is 3. The highest BCUT2D eigenvalue weighted by atomic mass is 35.5.